The smallest absolute Gasteiger partial charge is 0.141 e. The summed E-state index contributed by atoms with van der Waals surface area (Å²) in [5.74, 6) is -0.436. The van der Waals surface area contributed by atoms with Crippen LogP contribution < -0.4 is 11.1 Å². The Morgan fingerprint density at radius 2 is 2.00 bits per heavy atom. The van der Waals surface area contributed by atoms with Crippen molar-refractivity contribution in [3.63, 3.8) is 0 Å². The van der Waals surface area contributed by atoms with Gasteiger partial charge in [-0.25, -0.2) is 4.39 Å². The minimum Gasteiger partial charge on any atom is -0.397 e. The van der Waals surface area contributed by atoms with Crippen molar-refractivity contribution in [3.05, 3.63) is 52.8 Å². The van der Waals surface area contributed by atoms with E-state index in [1.165, 1.54) is 12.1 Å². The van der Waals surface area contributed by atoms with Gasteiger partial charge in [-0.2, -0.15) is 0 Å². The third-order valence-corrected chi connectivity index (χ3v) is 2.81. The Hall–Kier alpha value is -1.74. The van der Waals surface area contributed by atoms with Crippen LogP contribution in [0.25, 0.3) is 0 Å². The van der Waals surface area contributed by atoms with Crippen LogP contribution >= 0.6 is 11.6 Å². The van der Waals surface area contributed by atoms with Gasteiger partial charge in [0.25, 0.3) is 0 Å². The van der Waals surface area contributed by atoms with Gasteiger partial charge in [-0.3, -0.25) is 0 Å². The molecule has 2 rings (SSSR count). The number of aryl methyl sites for hydroxylation is 1. The molecule has 0 fully saturated rings. The molecular formula is C13H12ClFN2. The summed E-state index contributed by atoms with van der Waals surface area (Å²) in [6.07, 6.45) is 0. The predicted molar refractivity (Wildman–Crippen MR) is 70.3 cm³/mol. The van der Waals surface area contributed by atoms with Gasteiger partial charge in [-0.15, -0.1) is 0 Å². The molecule has 0 aliphatic carbocycles. The van der Waals surface area contributed by atoms with Gasteiger partial charge in [0.15, 0.2) is 0 Å². The average Bonchev–Trinajstić information content (AvgIpc) is 2.30. The SMILES string of the molecule is Cc1cccc(Nc2ccc(F)c(Cl)c2)c1N. The van der Waals surface area contributed by atoms with Crippen LogP contribution in [0.2, 0.25) is 5.02 Å². The third-order valence-electron chi connectivity index (χ3n) is 2.52. The Morgan fingerprint density at radius 3 is 2.71 bits per heavy atom. The maximum absolute atomic E-state index is 13.0. The number of para-hydroxylation sites is 1. The van der Waals surface area contributed by atoms with Crippen LogP contribution in [0.4, 0.5) is 21.5 Å². The second-order valence-electron chi connectivity index (χ2n) is 3.79. The zero-order valence-electron chi connectivity index (χ0n) is 9.30. The van der Waals surface area contributed by atoms with Crippen LogP contribution in [0.3, 0.4) is 0 Å². The number of nitrogen functional groups attached to an aromatic ring is 1. The van der Waals surface area contributed by atoms with E-state index in [4.69, 9.17) is 17.3 Å². The van der Waals surface area contributed by atoms with Crippen molar-refractivity contribution >= 4 is 28.7 Å². The first kappa shape index (κ1) is 11.7. The molecule has 0 saturated heterocycles. The first-order valence-electron chi connectivity index (χ1n) is 5.15. The Bertz CT molecular complexity index is 555. The van der Waals surface area contributed by atoms with Gasteiger partial charge in [-0.05, 0) is 36.8 Å². The molecule has 0 unspecified atom stereocenters. The molecule has 0 atom stereocenters. The molecule has 0 aromatic heterocycles. The van der Waals surface area contributed by atoms with E-state index in [0.29, 0.717) is 11.4 Å². The van der Waals surface area contributed by atoms with Gasteiger partial charge in [-0.1, -0.05) is 23.7 Å². The van der Waals surface area contributed by atoms with Crippen LogP contribution in [-0.2, 0) is 0 Å². The molecule has 3 N–H and O–H groups in total. The topological polar surface area (TPSA) is 38.0 Å². The van der Waals surface area contributed by atoms with Gasteiger partial charge in [0, 0.05) is 5.69 Å². The lowest BCUT2D eigenvalue weighted by molar-refractivity contribution is 0.628. The molecule has 2 nitrogen and oxygen atoms in total. The minimum absolute atomic E-state index is 0.0845. The molecule has 17 heavy (non-hydrogen) atoms. The highest BCUT2D eigenvalue weighted by atomic mass is 35.5. The molecule has 0 spiro atoms. The van der Waals surface area contributed by atoms with Gasteiger partial charge in [0.2, 0.25) is 0 Å². The zero-order valence-corrected chi connectivity index (χ0v) is 10.1. The molecule has 0 amide bonds. The number of anilines is 3. The second-order valence-corrected chi connectivity index (χ2v) is 4.20. The monoisotopic (exact) mass is 250 g/mol. The van der Waals surface area contributed by atoms with Crippen LogP contribution in [0, 0.1) is 12.7 Å². The lowest BCUT2D eigenvalue weighted by Gasteiger charge is -2.11. The molecule has 0 aliphatic heterocycles. The van der Waals surface area contributed by atoms with Crippen molar-refractivity contribution in [1.82, 2.24) is 0 Å². The van der Waals surface area contributed by atoms with Crippen molar-refractivity contribution in [2.24, 2.45) is 0 Å². The molecule has 2 aromatic carbocycles. The second kappa shape index (κ2) is 4.63. The van der Waals surface area contributed by atoms with E-state index < -0.39 is 5.82 Å². The summed E-state index contributed by atoms with van der Waals surface area (Å²) in [5.41, 5.74) is 9.08. The predicted octanol–water partition coefficient (Wildman–Crippen LogP) is 4.11. The Balaban J connectivity index is 2.31. The number of nitrogens with one attached hydrogen (secondary N) is 1. The van der Waals surface area contributed by atoms with Crippen LogP contribution in [0.5, 0.6) is 0 Å². The number of benzene rings is 2. The highest BCUT2D eigenvalue weighted by Crippen LogP contribution is 2.27. The largest absolute Gasteiger partial charge is 0.397 e. The summed E-state index contributed by atoms with van der Waals surface area (Å²) in [7, 11) is 0. The first-order valence-corrected chi connectivity index (χ1v) is 5.53. The van der Waals surface area contributed by atoms with Crippen LogP contribution in [0.15, 0.2) is 36.4 Å². The maximum atomic E-state index is 13.0. The lowest BCUT2D eigenvalue weighted by Crippen LogP contribution is -1.98. The summed E-state index contributed by atoms with van der Waals surface area (Å²) >= 11 is 5.70. The summed E-state index contributed by atoms with van der Waals surface area (Å²) < 4.78 is 13.0. The summed E-state index contributed by atoms with van der Waals surface area (Å²) in [4.78, 5) is 0. The van der Waals surface area contributed by atoms with E-state index in [1.54, 1.807) is 6.07 Å². The van der Waals surface area contributed by atoms with Gasteiger partial charge >= 0.3 is 0 Å². The normalized spacial score (nSPS) is 10.3. The highest BCUT2D eigenvalue weighted by molar-refractivity contribution is 6.31. The van der Waals surface area contributed by atoms with E-state index >= 15 is 0 Å². The quantitative estimate of drug-likeness (QED) is 0.787. The van der Waals surface area contributed by atoms with Crippen LogP contribution in [-0.4, -0.2) is 0 Å². The fourth-order valence-electron chi connectivity index (χ4n) is 1.52. The Labute approximate surface area is 104 Å². The summed E-state index contributed by atoms with van der Waals surface area (Å²) in [5, 5.41) is 3.19. The molecular weight excluding hydrogens is 239 g/mol. The summed E-state index contributed by atoms with van der Waals surface area (Å²) in [6.45, 7) is 1.93. The Kier molecular flexibility index (Phi) is 3.20. The van der Waals surface area contributed by atoms with Gasteiger partial charge in [0.1, 0.15) is 5.82 Å². The van der Waals surface area contributed by atoms with Crippen LogP contribution in [0.1, 0.15) is 5.56 Å². The third kappa shape index (κ3) is 2.50. The van der Waals surface area contributed by atoms with E-state index in [-0.39, 0.29) is 5.02 Å². The van der Waals surface area contributed by atoms with E-state index in [0.717, 1.165) is 11.3 Å². The molecule has 0 saturated carbocycles. The number of nitrogens with two attached hydrogens (primary N) is 1. The lowest BCUT2D eigenvalue weighted by atomic mass is 10.1. The van der Waals surface area contributed by atoms with E-state index in [1.807, 2.05) is 25.1 Å². The molecule has 4 heteroatoms. The number of rotatable bonds is 2. The van der Waals surface area contributed by atoms with Gasteiger partial charge in [0.05, 0.1) is 16.4 Å². The average molecular weight is 251 g/mol. The standard InChI is InChI=1S/C13H12ClFN2/c1-8-3-2-4-12(13(8)16)17-9-5-6-11(15)10(14)7-9/h2-7,17H,16H2,1H3. The summed E-state index contributed by atoms with van der Waals surface area (Å²) in [6, 6.07) is 10.1. The van der Waals surface area contributed by atoms with Crippen molar-refractivity contribution in [2.75, 3.05) is 11.1 Å². The van der Waals surface area contributed by atoms with Crippen molar-refractivity contribution in [3.8, 4) is 0 Å². The van der Waals surface area contributed by atoms with Crippen molar-refractivity contribution < 1.29 is 4.39 Å². The number of hydrogen-bond donors (Lipinski definition) is 2. The van der Waals surface area contributed by atoms with E-state index in [2.05, 4.69) is 5.32 Å². The molecule has 0 bridgehead atoms. The van der Waals surface area contributed by atoms with E-state index in [9.17, 15) is 4.39 Å². The van der Waals surface area contributed by atoms with Gasteiger partial charge < -0.3 is 11.1 Å². The maximum Gasteiger partial charge on any atom is 0.141 e. The Morgan fingerprint density at radius 1 is 1.24 bits per heavy atom. The molecule has 0 aliphatic rings. The highest BCUT2D eigenvalue weighted by Gasteiger charge is 2.04. The van der Waals surface area contributed by atoms with Crippen molar-refractivity contribution in [2.45, 2.75) is 6.92 Å². The fourth-order valence-corrected chi connectivity index (χ4v) is 1.70. The number of hydrogen-bond acceptors (Lipinski definition) is 2. The molecule has 0 heterocycles. The zero-order chi connectivity index (χ0) is 12.4. The first-order chi connectivity index (χ1) is 8.08. The number of halogens is 2. The molecule has 88 valence electrons. The molecule has 0 radical (unpaired) electrons. The minimum atomic E-state index is -0.436. The van der Waals surface area contributed by atoms with Crippen molar-refractivity contribution in [1.29, 1.82) is 0 Å². The molecule has 2 aromatic rings. The fraction of sp³-hybridized carbons (Fsp3) is 0.0769.